The molecule has 1 amide bonds. The molecule has 1 N–H and O–H groups in total. The molecular formula is C24H21F3N4O3S2. The zero-order chi connectivity index (χ0) is 25.7. The number of halogens is 3. The van der Waals surface area contributed by atoms with Crippen LogP contribution in [-0.2, 0) is 15.7 Å². The lowest BCUT2D eigenvalue weighted by Gasteiger charge is -2.26. The van der Waals surface area contributed by atoms with E-state index in [1.54, 1.807) is 17.5 Å². The molecule has 0 unspecified atom stereocenters. The number of thiophene rings is 1. The number of nitrogens with zero attached hydrogens (tertiary/aromatic N) is 3. The van der Waals surface area contributed by atoms with Crippen LogP contribution in [0.5, 0.6) is 0 Å². The fraction of sp³-hybridized carbons (Fsp3) is 0.292. The third-order valence-electron chi connectivity index (χ3n) is 5.47. The average Bonchev–Trinajstić information content (AvgIpc) is 3.48. The van der Waals surface area contributed by atoms with Crippen LogP contribution in [0.2, 0.25) is 0 Å². The molecule has 3 aromatic rings. The maximum Gasteiger partial charge on any atom is 0.416 e. The molecule has 2 aromatic heterocycles. The average molecular weight is 535 g/mol. The van der Waals surface area contributed by atoms with E-state index in [0.717, 1.165) is 46.7 Å². The quantitative estimate of drug-likeness (QED) is 0.523. The fourth-order valence-electron chi connectivity index (χ4n) is 3.65. The molecule has 0 saturated carbocycles. The minimum atomic E-state index is -4.62. The molecule has 36 heavy (non-hydrogen) atoms. The molecule has 1 aliphatic heterocycles. The molecule has 188 valence electrons. The zero-order valence-electron chi connectivity index (χ0n) is 18.9. The van der Waals surface area contributed by atoms with Crippen LogP contribution in [0, 0.1) is 11.3 Å². The van der Waals surface area contributed by atoms with Crippen molar-refractivity contribution in [1.29, 1.82) is 5.26 Å². The smallest absolute Gasteiger partial charge is 0.379 e. The van der Waals surface area contributed by atoms with E-state index in [1.165, 1.54) is 23.5 Å². The van der Waals surface area contributed by atoms with Crippen LogP contribution in [-0.4, -0.2) is 54.8 Å². The Morgan fingerprint density at radius 2 is 2.03 bits per heavy atom. The van der Waals surface area contributed by atoms with Gasteiger partial charge in [-0.05, 0) is 46.7 Å². The third-order valence-corrected chi connectivity index (χ3v) is 7.26. The summed E-state index contributed by atoms with van der Waals surface area (Å²) in [6.07, 6.45) is -3.04. The number of carbonyl (C=O) groups excluding carboxylic acids is 1. The Bertz CT molecular complexity index is 1450. The first kappa shape index (κ1) is 25.8. The van der Waals surface area contributed by atoms with Gasteiger partial charge in [0, 0.05) is 26.2 Å². The summed E-state index contributed by atoms with van der Waals surface area (Å²) in [6.45, 7) is 3.47. The Hall–Kier alpha value is -3.24. The number of nitrogens with one attached hydrogen (secondary N) is 1. The van der Waals surface area contributed by atoms with Gasteiger partial charge in [-0.2, -0.15) is 29.8 Å². The van der Waals surface area contributed by atoms with Gasteiger partial charge in [-0.1, -0.05) is 6.07 Å². The van der Waals surface area contributed by atoms with Gasteiger partial charge in [-0.25, -0.2) is 0 Å². The lowest BCUT2D eigenvalue weighted by atomic mass is 10.2. The number of amides is 1. The summed E-state index contributed by atoms with van der Waals surface area (Å²) < 4.78 is 46.5. The minimum absolute atomic E-state index is 0.0350. The molecule has 1 saturated heterocycles. The van der Waals surface area contributed by atoms with Gasteiger partial charge in [0.05, 0.1) is 29.0 Å². The summed E-state index contributed by atoms with van der Waals surface area (Å²) in [6, 6.07) is 7.88. The Balaban J connectivity index is 1.79. The third kappa shape index (κ3) is 5.93. The van der Waals surface area contributed by atoms with Crippen molar-refractivity contribution in [2.24, 2.45) is 0 Å². The summed E-state index contributed by atoms with van der Waals surface area (Å²) in [7, 11) is 0. The maximum atomic E-state index is 13.4. The van der Waals surface area contributed by atoms with E-state index in [0.29, 0.717) is 19.8 Å². The first-order valence-electron chi connectivity index (χ1n) is 10.9. The summed E-state index contributed by atoms with van der Waals surface area (Å²) >= 11 is 2.31. The molecule has 0 aliphatic carbocycles. The van der Waals surface area contributed by atoms with Crippen molar-refractivity contribution < 1.29 is 22.7 Å². The monoisotopic (exact) mass is 534 g/mol. The van der Waals surface area contributed by atoms with Crippen LogP contribution in [0.25, 0.3) is 17.3 Å². The topological polar surface area (TPSA) is 87.4 Å². The first-order valence-corrected chi connectivity index (χ1v) is 12.7. The second-order valence-corrected chi connectivity index (χ2v) is 9.67. The predicted molar refractivity (Wildman–Crippen MR) is 131 cm³/mol. The highest BCUT2D eigenvalue weighted by Gasteiger charge is 2.31. The van der Waals surface area contributed by atoms with Crippen molar-refractivity contribution in [3.8, 4) is 11.8 Å². The number of nitriles is 1. The zero-order valence-corrected chi connectivity index (χ0v) is 20.5. The number of carbonyl (C=O) groups is 1. The van der Waals surface area contributed by atoms with Gasteiger partial charge in [0.15, 0.2) is 5.57 Å². The number of benzene rings is 1. The van der Waals surface area contributed by atoms with Crippen LogP contribution in [0.1, 0.15) is 11.1 Å². The highest BCUT2D eigenvalue weighted by Crippen LogP contribution is 2.30. The molecule has 0 bridgehead atoms. The second-order valence-electron chi connectivity index (χ2n) is 7.86. The molecule has 4 rings (SSSR count). The van der Waals surface area contributed by atoms with Gasteiger partial charge in [0.2, 0.25) is 0 Å². The Kier molecular flexibility index (Phi) is 8.05. The highest BCUT2D eigenvalue weighted by molar-refractivity contribution is 7.08. The largest absolute Gasteiger partial charge is 0.416 e. The van der Waals surface area contributed by atoms with Gasteiger partial charge in [-0.3, -0.25) is 19.1 Å². The van der Waals surface area contributed by atoms with Gasteiger partial charge < -0.3 is 10.1 Å². The normalized spacial score (nSPS) is 16.0. The van der Waals surface area contributed by atoms with Crippen LogP contribution in [0.3, 0.4) is 0 Å². The molecule has 1 aliphatic rings. The van der Waals surface area contributed by atoms with Crippen molar-refractivity contribution in [3.63, 3.8) is 0 Å². The summed E-state index contributed by atoms with van der Waals surface area (Å²) in [5.74, 6) is -0.699. The van der Waals surface area contributed by atoms with Crippen molar-refractivity contribution in [1.82, 2.24) is 14.8 Å². The maximum absolute atomic E-state index is 13.4. The number of aromatic nitrogens is 1. The van der Waals surface area contributed by atoms with Gasteiger partial charge in [0.25, 0.3) is 11.5 Å². The molecule has 3 heterocycles. The Labute approximate surface area is 212 Å². The van der Waals surface area contributed by atoms with Crippen molar-refractivity contribution in [3.05, 3.63) is 71.8 Å². The standard InChI is InChI=1S/C24H21F3N4O3S2/c25-24(26,27)17-2-1-3-18(13-17)31-22(33)20(12-16-4-11-35-15-16)36-23(31)19(14-28)21(32)29-5-6-30-7-9-34-10-8-30/h1-4,11-13,15H,5-10H2,(H,29,32)/b20-12+,23-19-. The summed E-state index contributed by atoms with van der Waals surface area (Å²) in [5, 5.41) is 16.2. The van der Waals surface area contributed by atoms with Crippen LogP contribution < -0.4 is 20.1 Å². The van der Waals surface area contributed by atoms with E-state index in [4.69, 9.17) is 4.74 Å². The van der Waals surface area contributed by atoms with Gasteiger partial charge in [0.1, 0.15) is 10.7 Å². The number of alkyl halides is 3. The number of rotatable bonds is 6. The lowest BCUT2D eigenvalue weighted by molar-refractivity contribution is -0.137. The lowest BCUT2D eigenvalue weighted by Crippen LogP contribution is -2.42. The molecule has 0 atom stereocenters. The fourth-order valence-corrected chi connectivity index (χ4v) is 5.37. The molecular weight excluding hydrogens is 513 g/mol. The second kappa shape index (κ2) is 11.2. The van der Waals surface area contributed by atoms with Crippen LogP contribution >= 0.6 is 22.7 Å². The molecule has 0 radical (unpaired) electrons. The Morgan fingerprint density at radius 3 is 2.69 bits per heavy atom. The number of hydrogen-bond donors (Lipinski definition) is 1. The van der Waals surface area contributed by atoms with Crippen molar-refractivity contribution >= 4 is 40.2 Å². The number of thiazole rings is 1. The van der Waals surface area contributed by atoms with E-state index in [9.17, 15) is 28.0 Å². The summed E-state index contributed by atoms with van der Waals surface area (Å²) in [4.78, 5) is 28.4. The van der Waals surface area contributed by atoms with Crippen LogP contribution in [0.15, 0.2) is 45.9 Å². The molecule has 1 aromatic carbocycles. The van der Waals surface area contributed by atoms with Gasteiger partial charge in [-0.15, -0.1) is 11.3 Å². The molecule has 0 spiro atoms. The van der Waals surface area contributed by atoms with E-state index >= 15 is 0 Å². The van der Waals surface area contributed by atoms with E-state index < -0.39 is 23.2 Å². The highest BCUT2D eigenvalue weighted by atomic mass is 32.1. The number of hydrogen-bond acceptors (Lipinski definition) is 7. The molecule has 1 fully saturated rings. The minimum Gasteiger partial charge on any atom is -0.379 e. The Morgan fingerprint density at radius 1 is 1.25 bits per heavy atom. The SMILES string of the molecule is N#C/C(C(=O)NCCN1CCOCC1)=c1/s/c(=C/c2ccsc2)c(=O)n1-c1cccc(C(F)(F)F)c1. The molecule has 12 heteroatoms. The number of morpholine rings is 1. The summed E-state index contributed by atoms with van der Waals surface area (Å²) in [5.41, 5.74) is -1.26. The van der Waals surface area contributed by atoms with E-state index in [-0.39, 0.29) is 27.0 Å². The van der Waals surface area contributed by atoms with Gasteiger partial charge >= 0.3 is 6.18 Å². The van der Waals surface area contributed by atoms with Crippen molar-refractivity contribution in [2.75, 3.05) is 39.4 Å². The van der Waals surface area contributed by atoms with Crippen LogP contribution in [0.4, 0.5) is 13.2 Å². The van der Waals surface area contributed by atoms with Crippen molar-refractivity contribution in [2.45, 2.75) is 6.18 Å². The first-order chi connectivity index (χ1) is 17.3. The van der Waals surface area contributed by atoms with E-state index in [2.05, 4.69) is 10.2 Å². The van der Waals surface area contributed by atoms with E-state index in [1.807, 2.05) is 11.4 Å². The predicted octanol–water partition coefficient (Wildman–Crippen LogP) is 1.93. The molecule has 7 nitrogen and oxygen atoms in total. The number of ether oxygens (including phenoxy) is 1.